The summed E-state index contributed by atoms with van der Waals surface area (Å²) in [6.07, 6.45) is 9.06. The average Bonchev–Trinajstić information content (AvgIpc) is 3.07. The Morgan fingerprint density at radius 2 is 2.40 bits per heavy atom. The van der Waals surface area contributed by atoms with Crippen LogP contribution in [0.5, 0.6) is 0 Å². The molecule has 5 nitrogen and oxygen atoms in total. The molecule has 2 heterocycles. The Labute approximate surface area is 119 Å². The van der Waals surface area contributed by atoms with Crippen molar-refractivity contribution in [3.8, 4) is 0 Å². The second-order valence-electron chi connectivity index (χ2n) is 6.11. The first-order chi connectivity index (χ1) is 9.78. The number of carbonyl (C=O) groups is 1. The monoisotopic (exact) mass is 277 g/mol. The van der Waals surface area contributed by atoms with E-state index in [-0.39, 0.29) is 11.3 Å². The Hall–Kier alpha value is -1.36. The molecule has 0 unspecified atom stereocenters. The highest BCUT2D eigenvalue weighted by atomic mass is 16.5. The predicted octanol–water partition coefficient (Wildman–Crippen LogP) is 1.60. The third-order valence-corrected chi connectivity index (χ3v) is 4.45. The fourth-order valence-electron chi connectivity index (χ4n) is 2.92. The molecule has 5 heteroatoms. The molecule has 0 spiro atoms. The standard InChI is InChI=1S/C15H23N3O2/c19-14(16-8-4-13-3-1-10-20-11-13)15(5-6-15)12-18-9-2-7-17-18/h2,7,9,13H,1,3-6,8,10-12H2,(H,16,19)/t13-/m0/s1. The number of nitrogens with one attached hydrogen (secondary N) is 1. The van der Waals surface area contributed by atoms with Gasteiger partial charge in [0.25, 0.3) is 0 Å². The van der Waals surface area contributed by atoms with Crippen LogP contribution in [0.2, 0.25) is 0 Å². The van der Waals surface area contributed by atoms with Crippen LogP contribution >= 0.6 is 0 Å². The normalized spacial score (nSPS) is 24.3. The quantitative estimate of drug-likeness (QED) is 0.859. The number of aromatic nitrogens is 2. The number of hydrogen-bond donors (Lipinski definition) is 1. The minimum absolute atomic E-state index is 0.199. The zero-order chi connectivity index (χ0) is 13.8. The van der Waals surface area contributed by atoms with Crippen LogP contribution in [0.15, 0.2) is 18.5 Å². The molecule has 1 saturated heterocycles. The molecule has 1 aromatic rings. The van der Waals surface area contributed by atoms with Crippen LogP contribution in [0.4, 0.5) is 0 Å². The van der Waals surface area contributed by atoms with Crippen molar-refractivity contribution in [2.75, 3.05) is 19.8 Å². The zero-order valence-electron chi connectivity index (χ0n) is 11.9. The molecule has 1 aromatic heterocycles. The van der Waals surface area contributed by atoms with Crippen LogP contribution in [0.3, 0.4) is 0 Å². The number of ether oxygens (including phenoxy) is 1. The maximum atomic E-state index is 12.3. The molecule has 110 valence electrons. The summed E-state index contributed by atoms with van der Waals surface area (Å²) in [6, 6.07) is 1.90. The van der Waals surface area contributed by atoms with Gasteiger partial charge in [-0.2, -0.15) is 5.10 Å². The van der Waals surface area contributed by atoms with E-state index >= 15 is 0 Å². The third kappa shape index (κ3) is 3.20. The van der Waals surface area contributed by atoms with Crippen molar-refractivity contribution >= 4 is 5.91 Å². The fourth-order valence-corrected chi connectivity index (χ4v) is 2.92. The Kier molecular flexibility index (Phi) is 4.05. The number of nitrogens with zero attached hydrogens (tertiary/aromatic N) is 2. The summed E-state index contributed by atoms with van der Waals surface area (Å²) >= 11 is 0. The SMILES string of the molecule is O=C(NCC[C@@H]1CCCOC1)C1(Cn2cccn2)CC1. The van der Waals surface area contributed by atoms with E-state index in [1.54, 1.807) is 6.20 Å². The maximum absolute atomic E-state index is 12.3. The summed E-state index contributed by atoms with van der Waals surface area (Å²) in [4.78, 5) is 12.3. The molecule has 0 bridgehead atoms. The van der Waals surface area contributed by atoms with E-state index in [4.69, 9.17) is 4.74 Å². The van der Waals surface area contributed by atoms with E-state index in [2.05, 4.69) is 10.4 Å². The molecular formula is C15H23N3O2. The first-order valence-corrected chi connectivity index (χ1v) is 7.62. The highest BCUT2D eigenvalue weighted by Gasteiger charge is 2.50. The van der Waals surface area contributed by atoms with Crippen molar-refractivity contribution in [1.82, 2.24) is 15.1 Å². The molecule has 1 atom stereocenters. The summed E-state index contributed by atoms with van der Waals surface area (Å²) in [6.45, 7) is 3.23. The smallest absolute Gasteiger partial charge is 0.228 e. The molecule has 2 aliphatic rings. The van der Waals surface area contributed by atoms with Gasteiger partial charge in [0.2, 0.25) is 5.91 Å². The maximum Gasteiger partial charge on any atom is 0.228 e. The second kappa shape index (κ2) is 5.95. The van der Waals surface area contributed by atoms with Gasteiger partial charge in [-0.15, -0.1) is 0 Å². The molecule has 2 fully saturated rings. The van der Waals surface area contributed by atoms with Crippen molar-refractivity contribution in [3.05, 3.63) is 18.5 Å². The van der Waals surface area contributed by atoms with Crippen LogP contribution in [0, 0.1) is 11.3 Å². The highest BCUT2D eigenvalue weighted by Crippen LogP contribution is 2.47. The van der Waals surface area contributed by atoms with Crippen molar-refractivity contribution in [2.45, 2.75) is 38.6 Å². The topological polar surface area (TPSA) is 56.1 Å². The van der Waals surface area contributed by atoms with E-state index in [9.17, 15) is 4.79 Å². The summed E-state index contributed by atoms with van der Waals surface area (Å²) in [5.41, 5.74) is -0.199. The van der Waals surface area contributed by atoms with Crippen molar-refractivity contribution in [2.24, 2.45) is 11.3 Å². The zero-order valence-corrected chi connectivity index (χ0v) is 11.9. The van der Waals surface area contributed by atoms with Crippen LogP contribution in [0.25, 0.3) is 0 Å². The molecule has 3 rings (SSSR count). The minimum atomic E-state index is -0.199. The molecular weight excluding hydrogens is 254 g/mol. The summed E-state index contributed by atoms with van der Waals surface area (Å²) in [7, 11) is 0. The van der Waals surface area contributed by atoms with E-state index in [1.165, 1.54) is 6.42 Å². The summed E-state index contributed by atoms with van der Waals surface area (Å²) in [5.74, 6) is 0.815. The van der Waals surface area contributed by atoms with Crippen LogP contribution in [0.1, 0.15) is 32.1 Å². The van der Waals surface area contributed by atoms with Gasteiger partial charge in [-0.05, 0) is 44.1 Å². The molecule has 0 radical (unpaired) electrons. The van der Waals surface area contributed by atoms with Crippen molar-refractivity contribution in [3.63, 3.8) is 0 Å². The van der Waals surface area contributed by atoms with Gasteiger partial charge >= 0.3 is 0 Å². The Bertz CT molecular complexity index is 434. The van der Waals surface area contributed by atoms with E-state index in [1.807, 2.05) is 16.9 Å². The molecule has 1 amide bonds. The molecule has 20 heavy (non-hydrogen) atoms. The average molecular weight is 277 g/mol. The fraction of sp³-hybridized carbons (Fsp3) is 0.733. The van der Waals surface area contributed by atoms with Gasteiger partial charge in [-0.3, -0.25) is 9.48 Å². The lowest BCUT2D eigenvalue weighted by molar-refractivity contribution is -0.127. The van der Waals surface area contributed by atoms with Gasteiger partial charge in [0, 0.05) is 32.2 Å². The lowest BCUT2D eigenvalue weighted by atomic mass is 9.98. The first kappa shape index (κ1) is 13.6. The number of rotatable bonds is 6. The van der Waals surface area contributed by atoms with Crippen molar-refractivity contribution in [1.29, 1.82) is 0 Å². The Morgan fingerprint density at radius 1 is 1.50 bits per heavy atom. The van der Waals surface area contributed by atoms with Crippen LogP contribution < -0.4 is 5.32 Å². The molecule has 1 aliphatic carbocycles. The minimum Gasteiger partial charge on any atom is -0.381 e. The Balaban J connectivity index is 1.42. The molecule has 0 aromatic carbocycles. The molecule has 1 N–H and O–H groups in total. The van der Waals surface area contributed by atoms with Gasteiger partial charge in [-0.25, -0.2) is 0 Å². The summed E-state index contributed by atoms with van der Waals surface area (Å²) < 4.78 is 7.33. The van der Waals surface area contributed by atoms with Gasteiger partial charge < -0.3 is 10.1 Å². The first-order valence-electron chi connectivity index (χ1n) is 7.62. The van der Waals surface area contributed by atoms with Crippen LogP contribution in [-0.2, 0) is 16.1 Å². The van der Waals surface area contributed by atoms with Gasteiger partial charge in [0.1, 0.15) is 0 Å². The van der Waals surface area contributed by atoms with Gasteiger partial charge in [-0.1, -0.05) is 0 Å². The van der Waals surface area contributed by atoms with E-state index in [0.717, 1.165) is 45.4 Å². The molecule has 1 saturated carbocycles. The predicted molar refractivity (Wildman–Crippen MR) is 75.1 cm³/mol. The lowest BCUT2D eigenvalue weighted by Crippen LogP contribution is -2.36. The van der Waals surface area contributed by atoms with Gasteiger partial charge in [0.15, 0.2) is 0 Å². The Morgan fingerprint density at radius 3 is 3.05 bits per heavy atom. The lowest BCUT2D eigenvalue weighted by Gasteiger charge is -2.22. The van der Waals surface area contributed by atoms with Gasteiger partial charge in [0.05, 0.1) is 12.0 Å². The van der Waals surface area contributed by atoms with E-state index in [0.29, 0.717) is 12.5 Å². The highest BCUT2D eigenvalue weighted by molar-refractivity contribution is 5.85. The second-order valence-corrected chi connectivity index (χ2v) is 6.11. The van der Waals surface area contributed by atoms with Crippen molar-refractivity contribution < 1.29 is 9.53 Å². The summed E-state index contributed by atoms with van der Waals surface area (Å²) in [5, 5.41) is 7.31. The number of carbonyl (C=O) groups excluding carboxylic acids is 1. The largest absolute Gasteiger partial charge is 0.381 e. The van der Waals surface area contributed by atoms with E-state index < -0.39 is 0 Å². The number of amides is 1. The molecule has 1 aliphatic heterocycles. The third-order valence-electron chi connectivity index (χ3n) is 4.45. The van der Waals surface area contributed by atoms with Crippen LogP contribution in [-0.4, -0.2) is 35.4 Å². The number of hydrogen-bond acceptors (Lipinski definition) is 3.